The van der Waals surface area contributed by atoms with Crippen LogP contribution in [0.4, 0.5) is 4.39 Å². The highest BCUT2D eigenvalue weighted by Crippen LogP contribution is 2.43. The Kier molecular flexibility index (Phi) is 4.01. The van der Waals surface area contributed by atoms with Gasteiger partial charge in [0.05, 0.1) is 18.1 Å². The second-order valence-corrected chi connectivity index (χ2v) is 8.51. The Morgan fingerprint density at radius 3 is 2.91 bits per heavy atom. The number of sulfonamides is 1. The van der Waals surface area contributed by atoms with Gasteiger partial charge in [-0.25, -0.2) is 12.8 Å². The van der Waals surface area contributed by atoms with Gasteiger partial charge in [-0.3, -0.25) is 0 Å². The molecule has 0 unspecified atom stereocenters. The lowest BCUT2D eigenvalue weighted by atomic mass is 9.81. The number of nitrogens with zero attached hydrogens (tertiary/aromatic N) is 2. The molecule has 2 saturated heterocycles. The molecule has 22 heavy (non-hydrogen) atoms. The summed E-state index contributed by atoms with van der Waals surface area (Å²) in [4.78, 5) is 2.09. The van der Waals surface area contributed by atoms with Gasteiger partial charge in [-0.2, -0.15) is 4.31 Å². The zero-order valence-corrected chi connectivity index (χ0v) is 13.6. The highest BCUT2D eigenvalue weighted by molar-refractivity contribution is 7.89. The van der Waals surface area contributed by atoms with Gasteiger partial charge in [0.15, 0.2) is 0 Å². The molecule has 5 nitrogen and oxygen atoms in total. The average Bonchev–Trinajstić information content (AvgIpc) is 2.94. The van der Waals surface area contributed by atoms with E-state index in [0.717, 1.165) is 12.6 Å². The second-order valence-electron chi connectivity index (χ2n) is 6.57. The monoisotopic (exact) mass is 328 g/mol. The van der Waals surface area contributed by atoms with E-state index in [-0.39, 0.29) is 16.2 Å². The third-order valence-electron chi connectivity index (χ3n) is 4.55. The lowest BCUT2D eigenvalue weighted by molar-refractivity contribution is 0.124. The van der Waals surface area contributed by atoms with Crippen LogP contribution in [-0.4, -0.2) is 64.6 Å². The van der Waals surface area contributed by atoms with Gasteiger partial charge in [-0.1, -0.05) is 6.07 Å². The molecule has 7 heteroatoms. The van der Waals surface area contributed by atoms with Crippen LogP contribution in [0.1, 0.15) is 0 Å². The summed E-state index contributed by atoms with van der Waals surface area (Å²) >= 11 is 0. The van der Waals surface area contributed by atoms with E-state index in [1.807, 2.05) is 14.1 Å². The number of ether oxygens (including phenoxy) is 1. The lowest BCUT2D eigenvalue weighted by Gasteiger charge is -2.30. The topological polar surface area (TPSA) is 49.9 Å². The summed E-state index contributed by atoms with van der Waals surface area (Å²) in [7, 11) is 0.302. The molecular formula is C15H21FN2O3S. The SMILES string of the molecule is CN(C)C[C@@]12COC[C@H]1CN(S(=O)(=O)c1cccc(F)c1)C2. The van der Waals surface area contributed by atoms with Gasteiger partial charge < -0.3 is 9.64 Å². The van der Waals surface area contributed by atoms with Crippen LogP contribution < -0.4 is 0 Å². The zero-order valence-electron chi connectivity index (χ0n) is 12.8. The molecule has 2 aliphatic heterocycles. The first-order valence-electron chi connectivity index (χ1n) is 7.32. The fourth-order valence-electron chi connectivity index (χ4n) is 3.60. The highest BCUT2D eigenvalue weighted by Gasteiger charge is 2.53. The van der Waals surface area contributed by atoms with E-state index in [2.05, 4.69) is 4.90 Å². The van der Waals surface area contributed by atoms with Crippen LogP contribution in [0.2, 0.25) is 0 Å². The van der Waals surface area contributed by atoms with Crippen molar-refractivity contribution in [3.63, 3.8) is 0 Å². The Bertz CT molecular complexity index is 665. The van der Waals surface area contributed by atoms with Gasteiger partial charge >= 0.3 is 0 Å². The summed E-state index contributed by atoms with van der Waals surface area (Å²) in [6, 6.07) is 5.21. The molecule has 0 N–H and O–H groups in total. The van der Waals surface area contributed by atoms with Gasteiger partial charge in [0.25, 0.3) is 0 Å². The quantitative estimate of drug-likeness (QED) is 0.828. The maximum absolute atomic E-state index is 13.4. The van der Waals surface area contributed by atoms with Crippen LogP contribution in [0.5, 0.6) is 0 Å². The van der Waals surface area contributed by atoms with Gasteiger partial charge in [0, 0.05) is 31.0 Å². The summed E-state index contributed by atoms with van der Waals surface area (Å²) < 4.78 is 45.9. The largest absolute Gasteiger partial charge is 0.380 e. The van der Waals surface area contributed by atoms with E-state index in [9.17, 15) is 12.8 Å². The first kappa shape index (κ1) is 15.9. The summed E-state index contributed by atoms with van der Waals surface area (Å²) in [5.74, 6) is -0.343. The zero-order chi connectivity index (χ0) is 16.0. The van der Waals surface area contributed by atoms with Crippen LogP contribution >= 0.6 is 0 Å². The number of hydrogen-bond donors (Lipinski definition) is 0. The van der Waals surface area contributed by atoms with E-state index in [1.54, 1.807) is 0 Å². The molecule has 2 atom stereocenters. The molecule has 1 aromatic rings. The van der Waals surface area contributed by atoms with Gasteiger partial charge in [-0.15, -0.1) is 0 Å². The smallest absolute Gasteiger partial charge is 0.243 e. The summed E-state index contributed by atoms with van der Waals surface area (Å²) in [5.41, 5.74) is -0.163. The Hall–Kier alpha value is -1.02. The fourth-order valence-corrected chi connectivity index (χ4v) is 5.21. The van der Waals surface area contributed by atoms with Crippen LogP contribution in [0.3, 0.4) is 0 Å². The third-order valence-corrected chi connectivity index (χ3v) is 6.36. The first-order chi connectivity index (χ1) is 10.3. The van der Waals surface area contributed by atoms with Crippen molar-refractivity contribution in [2.75, 3.05) is 46.9 Å². The molecule has 0 amide bonds. The minimum Gasteiger partial charge on any atom is -0.380 e. The Balaban J connectivity index is 1.88. The van der Waals surface area contributed by atoms with Crippen molar-refractivity contribution >= 4 is 10.0 Å². The summed E-state index contributed by atoms with van der Waals surface area (Å²) in [6.07, 6.45) is 0. The highest BCUT2D eigenvalue weighted by atomic mass is 32.2. The fraction of sp³-hybridized carbons (Fsp3) is 0.600. The Labute approximate surface area is 130 Å². The number of hydrogen-bond acceptors (Lipinski definition) is 4. The maximum Gasteiger partial charge on any atom is 0.243 e. The van der Waals surface area contributed by atoms with Crippen molar-refractivity contribution in [2.45, 2.75) is 4.90 Å². The predicted octanol–water partition coefficient (Wildman–Crippen LogP) is 1.02. The van der Waals surface area contributed by atoms with Crippen molar-refractivity contribution in [2.24, 2.45) is 11.3 Å². The normalized spacial score (nSPS) is 29.2. The molecule has 0 aromatic heterocycles. The van der Waals surface area contributed by atoms with Gasteiger partial charge in [0.2, 0.25) is 10.0 Å². The van der Waals surface area contributed by atoms with Crippen molar-refractivity contribution < 1.29 is 17.5 Å². The molecule has 2 aliphatic rings. The first-order valence-corrected chi connectivity index (χ1v) is 8.76. The van der Waals surface area contributed by atoms with Crippen molar-refractivity contribution in [3.05, 3.63) is 30.1 Å². The lowest BCUT2D eigenvalue weighted by Crippen LogP contribution is -2.41. The van der Waals surface area contributed by atoms with Gasteiger partial charge in [0.1, 0.15) is 5.82 Å². The minimum atomic E-state index is -3.66. The summed E-state index contributed by atoms with van der Waals surface area (Å²) in [6.45, 7) is 2.81. The maximum atomic E-state index is 13.4. The van der Waals surface area contributed by atoms with Crippen molar-refractivity contribution in [1.29, 1.82) is 0 Å². The van der Waals surface area contributed by atoms with E-state index in [1.165, 1.54) is 22.5 Å². The van der Waals surface area contributed by atoms with E-state index < -0.39 is 15.8 Å². The van der Waals surface area contributed by atoms with E-state index in [4.69, 9.17) is 4.74 Å². The molecular weight excluding hydrogens is 307 g/mol. The second kappa shape index (κ2) is 5.56. The molecule has 122 valence electrons. The molecule has 3 rings (SSSR count). The molecule has 2 heterocycles. The van der Waals surface area contributed by atoms with Crippen LogP contribution in [-0.2, 0) is 14.8 Å². The van der Waals surface area contributed by atoms with Crippen LogP contribution in [0.15, 0.2) is 29.2 Å². The number of fused-ring (bicyclic) bond motifs is 1. The van der Waals surface area contributed by atoms with E-state index >= 15 is 0 Å². The third kappa shape index (κ3) is 2.67. The number of rotatable bonds is 4. The molecule has 0 bridgehead atoms. The van der Waals surface area contributed by atoms with Crippen molar-refractivity contribution in [1.82, 2.24) is 9.21 Å². The molecule has 0 radical (unpaired) electrons. The molecule has 0 spiro atoms. The molecule has 2 fully saturated rings. The number of benzene rings is 1. The Morgan fingerprint density at radius 2 is 2.23 bits per heavy atom. The summed E-state index contributed by atoms with van der Waals surface area (Å²) in [5, 5.41) is 0. The standard InChI is InChI=1S/C15H21FN2O3S/c1-17(2)9-15-10-18(7-12(15)8-21-11-15)22(19,20)14-5-3-4-13(16)6-14/h3-6,12H,7-11H2,1-2H3/t12-,15-/m1/s1. The number of halogens is 1. The van der Waals surface area contributed by atoms with Crippen LogP contribution in [0.25, 0.3) is 0 Å². The molecule has 0 aliphatic carbocycles. The molecule has 0 saturated carbocycles. The minimum absolute atomic E-state index is 0.0217. The van der Waals surface area contributed by atoms with Crippen LogP contribution in [0, 0.1) is 17.2 Å². The van der Waals surface area contributed by atoms with Gasteiger partial charge in [-0.05, 0) is 32.3 Å². The molecule has 1 aromatic carbocycles. The van der Waals surface area contributed by atoms with Crippen molar-refractivity contribution in [3.8, 4) is 0 Å². The Morgan fingerprint density at radius 1 is 1.45 bits per heavy atom. The van der Waals surface area contributed by atoms with E-state index in [0.29, 0.717) is 26.3 Å². The average molecular weight is 328 g/mol. The predicted molar refractivity (Wildman–Crippen MR) is 80.5 cm³/mol.